The number of nitrogens with zero attached hydrogens (tertiary/aromatic N) is 3. The van der Waals surface area contributed by atoms with Gasteiger partial charge in [0.15, 0.2) is 0 Å². The molecule has 1 atom stereocenters. The molecule has 2 rings (SSSR count). The molecule has 1 unspecified atom stereocenters. The van der Waals surface area contributed by atoms with Gasteiger partial charge in [0.25, 0.3) is 0 Å². The van der Waals surface area contributed by atoms with Gasteiger partial charge < -0.3 is 10.1 Å². The van der Waals surface area contributed by atoms with E-state index in [9.17, 15) is 4.79 Å². The lowest BCUT2D eigenvalue weighted by molar-refractivity contribution is -0.109. The summed E-state index contributed by atoms with van der Waals surface area (Å²) >= 11 is 0. The Morgan fingerprint density at radius 1 is 1.45 bits per heavy atom. The topological polar surface area (TPSA) is 70.7 Å². The van der Waals surface area contributed by atoms with E-state index in [1.807, 2.05) is 25.4 Å². The minimum absolute atomic E-state index is 0.331. The number of nitriles is 1. The third kappa shape index (κ3) is 3.53. The van der Waals surface area contributed by atoms with Gasteiger partial charge in [-0.2, -0.15) is 10.4 Å². The summed E-state index contributed by atoms with van der Waals surface area (Å²) in [5.74, 6) is 0. The smallest absolute Gasteiger partial charge is 0.141 e. The molecule has 0 saturated carbocycles. The van der Waals surface area contributed by atoms with E-state index in [0.29, 0.717) is 12.1 Å². The third-order valence-corrected chi connectivity index (χ3v) is 3.08. The molecular weight excluding hydrogens is 252 g/mol. The van der Waals surface area contributed by atoms with E-state index in [-0.39, 0.29) is 6.04 Å². The predicted molar refractivity (Wildman–Crippen MR) is 74.9 cm³/mol. The van der Waals surface area contributed by atoms with Gasteiger partial charge in [0.05, 0.1) is 23.9 Å². The van der Waals surface area contributed by atoms with E-state index in [1.165, 1.54) is 0 Å². The van der Waals surface area contributed by atoms with Crippen LogP contribution in [0.5, 0.6) is 0 Å². The van der Waals surface area contributed by atoms with Gasteiger partial charge in [0.2, 0.25) is 0 Å². The maximum atomic E-state index is 11.1. The summed E-state index contributed by atoms with van der Waals surface area (Å²) in [6, 6.07) is 9.22. The van der Waals surface area contributed by atoms with Crippen molar-refractivity contribution in [1.29, 1.82) is 5.26 Å². The number of carbonyl (C=O) groups excluding carboxylic acids is 1. The Labute approximate surface area is 117 Å². The van der Waals surface area contributed by atoms with Gasteiger partial charge >= 0.3 is 0 Å². The van der Waals surface area contributed by atoms with Crippen LogP contribution >= 0.6 is 0 Å². The average Bonchev–Trinajstić information content (AvgIpc) is 2.90. The maximum Gasteiger partial charge on any atom is 0.141 e. The summed E-state index contributed by atoms with van der Waals surface area (Å²) < 4.78 is 1.67. The van der Waals surface area contributed by atoms with Crippen molar-refractivity contribution in [1.82, 2.24) is 15.1 Å². The molecule has 1 aromatic carbocycles. The van der Waals surface area contributed by atoms with Crippen LogP contribution in [0.1, 0.15) is 22.7 Å². The Hall–Kier alpha value is -2.45. The van der Waals surface area contributed by atoms with Crippen molar-refractivity contribution in [3.8, 4) is 6.07 Å². The normalized spacial score (nSPS) is 11.8. The Bertz CT molecular complexity index is 610. The van der Waals surface area contributed by atoms with E-state index in [2.05, 4.69) is 16.5 Å². The first kappa shape index (κ1) is 14.0. The zero-order valence-corrected chi connectivity index (χ0v) is 11.3. The summed E-state index contributed by atoms with van der Waals surface area (Å²) in [4.78, 5) is 11.1. The van der Waals surface area contributed by atoms with Crippen LogP contribution in [-0.2, 0) is 18.3 Å². The SMILES string of the molecule is Cn1cc(C(C=O)NCCc2ccc(C#N)cc2)cn1. The number of rotatable bonds is 6. The highest BCUT2D eigenvalue weighted by atomic mass is 16.1. The standard InChI is InChI=1S/C15H16N4O/c1-19-10-14(9-18-19)15(11-20)17-7-6-12-2-4-13(8-16)5-3-12/h2-5,9-11,15,17H,6-7H2,1H3. The highest BCUT2D eigenvalue weighted by molar-refractivity contribution is 5.60. The number of aldehydes is 1. The second-order valence-electron chi connectivity index (χ2n) is 4.57. The average molecular weight is 268 g/mol. The van der Waals surface area contributed by atoms with Gasteiger partial charge in [-0.05, 0) is 24.1 Å². The number of aromatic nitrogens is 2. The Morgan fingerprint density at radius 2 is 2.20 bits per heavy atom. The van der Waals surface area contributed by atoms with Crippen molar-refractivity contribution in [3.63, 3.8) is 0 Å². The molecule has 1 heterocycles. The first-order valence-corrected chi connectivity index (χ1v) is 6.39. The van der Waals surface area contributed by atoms with Crippen LogP contribution in [0.25, 0.3) is 0 Å². The fraction of sp³-hybridized carbons (Fsp3) is 0.267. The molecule has 5 nitrogen and oxygen atoms in total. The summed E-state index contributed by atoms with van der Waals surface area (Å²) in [6.07, 6.45) is 5.20. The van der Waals surface area contributed by atoms with Crippen molar-refractivity contribution in [2.45, 2.75) is 12.5 Å². The number of nitrogens with one attached hydrogen (secondary N) is 1. The van der Waals surface area contributed by atoms with Gasteiger partial charge in [-0.15, -0.1) is 0 Å². The fourth-order valence-electron chi connectivity index (χ4n) is 1.96. The number of hydrogen-bond acceptors (Lipinski definition) is 4. The van der Waals surface area contributed by atoms with Gasteiger partial charge in [-0.3, -0.25) is 4.68 Å². The number of hydrogen-bond donors (Lipinski definition) is 1. The predicted octanol–water partition coefficient (Wildman–Crippen LogP) is 1.36. The molecule has 0 bridgehead atoms. The largest absolute Gasteiger partial charge is 0.304 e. The minimum atomic E-state index is -0.331. The van der Waals surface area contributed by atoms with Crippen LogP contribution < -0.4 is 5.32 Å². The van der Waals surface area contributed by atoms with Gasteiger partial charge in [0, 0.05) is 25.4 Å². The fourth-order valence-corrected chi connectivity index (χ4v) is 1.96. The molecular formula is C15H16N4O. The second kappa shape index (κ2) is 6.64. The molecule has 2 aromatic rings. The number of carbonyl (C=O) groups is 1. The highest BCUT2D eigenvalue weighted by Gasteiger charge is 2.10. The highest BCUT2D eigenvalue weighted by Crippen LogP contribution is 2.09. The lowest BCUT2D eigenvalue weighted by atomic mass is 10.1. The quantitative estimate of drug-likeness (QED) is 0.803. The van der Waals surface area contributed by atoms with Gasteiger partial charge in [-0.1, -0.05) is 12.1 Å². The van der Waals surface area contributed by atoms with Crippen molar-refractivity contribution < 1.29 is 4.79 Å². The molecule has 0 radical (unpaired) electrons. The lowest BCUT2D eigenvalue weighted by Gasteiger charge is -2.10. The van der Waals surface area contributed by atoms with Gasteiger partial charge in [-0.25, -0.2) is 0 Å². The summed E-state index contributed by atoms with van der Waals surface area (Å²) in [6.45, 7) is 0.685. The Balaban J connectivity index is 1.87. The first-order chi connectivity index (χ1) is 9.72. The van der Waals surface area contributed by atoms with Crippen molar-refractivity contribution in [2.75, 3.05) is 6.54 Å². The Morgan fingerprint density at radius 3 is 2.75 bits per heavy atom. The van der Waals surface area contributed by atoms with E-state index >= 15 is 0 Å². The molecule has 1 N–H and O–H groups in total. The van der Waals surface area contributed by atoms with E-state index in [0.717, 1.165) is 23.8 Å². The minimum Gasteiger partial charge on any atom is -0.304 e. The zero-order valence-electron chi connectivity index (χ0n) is 11.3. The first-order valence-electron chi connectivity index (χ1n) is 6.39. The monoisotopic (exact) mass is 268 g/mol. The van der Waals surface area contributed by atoms with E-state index in [4.69, 9.17) is 5.26 Å². The molecule has 0 aliphatic carbocycles. The molecule has 5 heteroatoms. The number of aryl methyl sites for hydroxylation is 1. The third-order valence-electron chi connectivity index (χ3n) is 3.08. The van der Waals surface area contributed by atoms with Crippen LogP contribution in [0.2, 0.25) is 0 Å². The molecule has 0 amide bonds. The molecule has 0 fully saturated rings. The summed E-state index contributed by atoms with van der Waals surface area (Å²) in [5.41, 5.74) is 2.65. The van der Waals surface area contributed by atoms with E-state index in [1.54, 1.807) is 23.0 Å². The zero-order chi connectivity index (χ0) is 14.4. The summed E-state index contributed by atoms with van der Waals surface area (Å²) in [5, 5.41) is 16.0. The van der Waals surface area contributed by atoms with E-state index < -0.39 is 0 Å². The van der Waals surface area contributed by atoms with Gasteiger partial charge in [0.1, 0.15) is 6.29 Å². The number of benzene rings is 1. The van der Waals surface area contributed by atoms with Crippen LogP contribution in [0, 0.1) is 11.3 Å². The van der Waals surface area contributed by atoms with Crippen LogP contribution in [0.15, 0.2) is 36.7 Å². The van der Waals surface area contributed by atoms with Crippen molar-refractivity contribution >= 4 is 6.29 Å². The van der Waals surface area contributed by atoms with Crippen molar-refractivity contribution in [3.05, 3.63) is 53.3 Å². The molecule has 1 aromatic heterocycles. The molecule has 20 heavy (non-hydrogen) atoms. The molecule has 0 spiro atoms. The Kier molecular flexibility index (Phi) is 4.64. The molecule has 0 aliphatic heterocycles. The lowest BCUT2D eigenvalue weighted by Crippen LogP contribution is -2.24. The molecule has 102 valence electrons. The molecule has 0 aliphatic rings. The second-order valence-corrected chi connectivity index (χ2v) is 4.57. The maximum absolute atomic E-state index is 11.1. The van der Waals surface area contributed by atoms with Crippen LogP contribution in [-0.4, -0.2) is 22.6 Å². The van der Waals surface area contributed by atoms with Crippen LogP contribution in [0.4, 0.5) is 0 Å². The van der Waals surface area contributed by atoms with Crippen molar-refractivity contribution in [2.24, 2.45) is 7.05 Å². The molecule has 0 saturated heterocycles. The summed E-state index contributed by atoms with van der Waals surface area (Å²) in [7, 11) is 1.82. The van der Waals surface area contributed by atoms with Crippen LogP contribution in [0.3, 0.4) is 0 Å².